The van der Waals surface area contributed by atoms with Crippen LogP contribution in [0, 0.1) is 0 Å². The molecule has 1 aromatic rings. The third kappa shape index (κ3) is 5.19. The zero-order valence-electron chi connectivity index (χ0n) is 12.0. The van der Waals surface area contributed by atoms with Crippen molar-refractivity contribution in [3.8, 4) is 5.75 Å². The Hall–Kier alpha value is -1.59. The van der Waals surface area contributed by atoms with Gasteiger partial charge in [-0.2, -0.15) is 0 Å². The van der Waals surface area contributed by atoms with E-state index in [0.717, 1.165) is 17.7 Å². The van der Waals surface area contributed by atoms with Gasteiger partial charge in [0.1, 0.15) is 5.75 Å². The summed E-state index contributed by atoms with van der Waals surface area (Å²) in [6.45, 7) is 2.71. The largest absolute Gasteiger partial charge is 0.494 e. The van der Waals surface area contributed by atoms with Crippen molar-refractivity contribution >= 4 is 5.97 Å². The zero-order chi connectivity index (χ0) is 15.0. The number of ether oxygens (including phenoxy) is 1. The Morgan fingerprint density at radius 3 is 2.50 bits per heavy atom. The second-order valence-corrected chi connectivity index (χ2v) is 4.69. The molecule has 0 saturated carbocycles. The van der Waals surface area contributed by atoms with Crippen LogP contribution in [0.5, 0.6) is 5.75 Å². The number of rotatable bonds is 9. The summed E-state index contributed by atoms with van der Waals surface area (Å²) < 4.78 is 5.48. The Balaban J connectivity index is 2.64. The van der Waals surface area contributed by atoms with Gasteiger partial charge < -0.3 is 20.3 Å². The molecule has 1 rings (SSSR count). The normalized spacial score (nSPS) is 13.8. The molecule has 5 heteroatoms. The molecule has 0 spiro atoms. The molecule has 0 saturated heterocycles. The Labute approximate surface area is 119 Å². The Morgan fingerprint density at radius 1 is 1.35 bits per heavy atom. The van der Waals surface area contributed by atoms with E-state index >= 15 is 0 Å². The molecule has 0 aliphatic heterocycles. The standard InChI is InChI=1S/C15H23NO4/c1-3-10-20-12-6-4-11(5-7-12)15(19)13(16-2)8-9-14(17)18/h4-7,13,15-16,19H,3,8-10H2,1-2H3,(H,17,18). The van der Waals surface area contributed by atoms with Crippen molar-refractivity contribution in [1.82, 2.24) is 5.32 Å². The molecule has 20 heavy (non-hydrogen) atoms. The fraction of sp³-hybridized carbons (Fsp3) is 0.533. The van der Waals surface area contributed by atoms with Gasteiger partial charge in [-0.05, 0) is 37.6 Å². The van der Waals surface area contributed by atoms with Crippen LogP contribution in [0.15, 0.2) is 24.3 Å². The number of likely N-dealkylation sites (N-methyl/N-ethyl adjacent to an activating group) is 1. The average Bonchev–Trinajstić information content (AvgIpc) is 2.45. The van der Waals surface area contributed by atoms with Crippen LogP contribution in [-0.2, 0) is 4.79 Å². The number of aliphatic hydroxyl groups is 1. The number of benzene rings is 1. The van der Waals surface area contributed by atoms with Crippen molar-refractivity contribution in [2.75, 3.05) is 13.7 Å². The molecule has 2 atom stereocenters. The summed E-state index contributed by atoms with van der Waals surface area (Å²) in [5.74, 6) is -0.0879. The molecule has 3 N–H and O–H groups in total. The van der Waals surface area contributed by atoms with E-state index in [-0.39, 0.29) is 12.5 Å². The van der Waals surface area contributed by atoms with E-state index in [0.29, 0.717) is 13.0 Å². The zero-order valence-corrected chi connectivity index (χ0v) is 12.0. The maximum Gasteiger partial charge on any atom is 0.303 e. The summed E-state index contributed by atoms with van der Waals surface area (Å²) in [6, 6.07) is 6.96. The van der Waals surface area contributed by atoms with Crippen LogP contribution >= 0.6 is 0 Å². The lowest BCUT2D eigenvalue weighted by molar-refractivity contribution is -0.137. The van der Waals surface area contributed by atoms with Gasteiger partial charge in [0.2, 0.25) is 0 Å². The van der Waals surface area contributed by atoms with Gasteiger partial charge >= 0.3 is 5.97 Å². The van der Waals surface area contributed by atoms with E-state index < -0.39 is 12.1 Å². The molecular formula is C15H23NO4. The van der Waals surface area contributed by atoms with Gasteiger partial charge in [0.15, 0.2) is 0 Å². The Bertz CT molecular complexity index is 405. The van der Waals surface area contributed by atoms with Gasteiger partial charge in [-0.3, -0.25) is 4.79 Å². The maximum absolute atomic E-state index is 10.6. The molecule has 0 aromatic heterocycles. The van der Waals surface area contributed by atoms with E-state index in [2.05, 4.69) is 5.32 Å². The van der Waals surface area contributed by atoms with Crippen molar-refractivity contribution < 1.29 is 19.7 Å². The van der Waals surface area contributed by atoms with Crippen LogP contribution in [-0.4, -0.2) is 35.9 Å². The quantitative estimate of drug-likeness (QED) is 0.645. The van der Waals surface area contributed by atoms with Crippen molar-refractivity contribution in [3.63, 3.8) is 0 Å². The van der Waals surface area contributed by atoms with E-state index in [1.54, 1.807) is 19.2 Å². The van der Waals surface area contributed by atoms with Crippen LogP contribution in [0.3, 0.4) is 0 Å². The van der Waals surface area contributed by atoms with Gasteiger partial charge in [0.25, 0.3) is 0 Å². The fourth-order valence-electron chi connectivity index (χ4n) is 1.95. The van der Waals surface area contributed by atoms with Crippen LogP contribution in [0.4, 0.5) is 0 Å². The molecule has 2 unspecified atom stereocenters. The first-order chi connectivity index (χ1) is 9.58. The molecule has 0 fully saturated rings. The number of carboxylic acids is 1. The van der Waals surface area contributed by atoms with E-state index in [9.17, 15) is 9.90 Å². The lowest BCUT2D eigenvalue weighted by Crippen LogP contribution is -2.32. The van der Waals surface area contributed by atoms with Crippen LogP contribution in [0.1, 0.15) is 37.9 Å². The Morgan fingerprint density at radius 2 is 2.00 bits per heavy atom. The van der Waals surface area contributed by atoms with Gasteiger partial charge in [0.05, 0.1) is 12.7 Å². The van der Waals surface area contributed by atoms with E-state index in [1.807, 2.05) is 19.1 Å². The number of hydrogen-bond donors (Lipinski definition) is 3. The van der Waals surface area contributed by atoms with Crippen LogP contribution < -0.4 is 10.1 Å². The van der Waals surface area contributed by atoms with Gasteiger partial charge in [-0.15, -0.1) is 0 Å². The minimum absolute atomic E-state index is 0.0280. The number of hydrogen-bond acceptors (Lipinski definition) is 4. The first-order valence-electron chi connectivity index (χ1n) is 6.88. The smallest absolute Gasteiger partial charge is 0.303 e. The predicted octanol–water partition coefficient (Wildman–Crippen LogP) is 1.96. The number of nitrogens with one attached hydrogen (secondary N) is 1. The van der Waals surface area contributed by atoms with Crippen molar-refractivity contribution in [1.29, 1.82) is 0 Å². The highest BCUT2D eigenvalue weighted by molar-refractivity contribution is 5.66. The lowest BCUT2D eigenvalue weighted by atomic mass is 9.98. The van der Waals surface area contributed by atoms with Crippen molar-refractivity contribution in [3.05, 3.63) is 29.8 Å². The molecule has 0 amide bonds. The monoisotopic (exact) mass is 281 g/mol. The second kappa shape index (κ2) is 8.55. The summed E-state index contributed by atoms with van der Waals surface area (Å²) >= 11 is 0. The molecule has 0 bridgehead atoms. The van der Waals surface area contributed by atoms with Crippen molar-refractivity contribution in [2.45, 2.75) is 38.3 Å². The SMILES string of the molecule is CCCOc1ccc(C(O)C(CCC(=O)O)NC)cc1. The highest BCUT2D eigenvalue weighted by Crippen LogP contribution is 2.22. The number of aliphatic hydroxyl groups excluding tert-OH is 1. The summed E-state index contributed by atoms with van der Waals surface area (Å²) in [5, 5.41) is 21.9. The molecular weight excluding hydrogens is 258 g/mol. The molecule has 5 nitrogen and oxygen atoms in total. The van der Waals surface area contributed by atoms with Gasteiger partial charge in [-0.1, -0.05) is 19.1 Å². The maximum atomic E-state index is 10.6. The van der Waals surface area contributed by atoms with Crippen LogP contribution in [0.2, 0.25) is 0 Å². The molecule has 0 radical (unpaired) electrons. The second-order valence-electron chi connectivity index (χ2n) is 4.69. The topological polar surface area (TPSA) is 78.8 Å². The number of aliphatic carboxylic acids is 1. The minimum atomic E-state index is -0.860. The van der Waals surface area contributed by atoms with Crippen molar-refractivity contribution in [2.24, 2.45) is 0 Å². The number of carbonyl (C=O) groups is 1. The lowest BCUT2D eigenvalue weighted by Gasteiger charge is -2.22. The Kier molecular flexibility index (Phi) is 7.04. The molecule has 0 heterocycles. The first-order valence-corrected chi connectivity index (χ1v) is 6.88. The van der Waals surface area contributed by atoms with Gasteiger partial charge in [0, 0.05) is 12.5 Å². The van der Waals surface area contributed by atoms with Crippen LogP contribution in [0.25, 0.3) is 0 Å². The third-order valence-corrected chi connectivity index (χ3v) is 3.12. The minimum Gasteiger partial charge on any atom is -0.494 e. The molecule has 1 aromatic carbocycles. The highest BCUT2D eigenvalue weighted by Gasteiger charge is 2.20. The summed E-state index contributed by atoms with van der Waals surface area (Å²) in [6.07, 6.45) is 0.613. The highest BCUT2D eigenvalue weighted by atomic mass is 16.5. The summed E-state index contributed by atoms with van der Waals surface area (Å²) in [4.78, 5) is 10.6. The molecule has 0 aliphatic carbocycles. The predicted molar refractivity (Wildman–Crippen MR) is 76.9 cm³/mol. The average molecular weight is 281 g/mol. The van der Waals surface area contributed by atoms with E-state index in [1.165, 1.54) is 0 Å². The number of carboxylic acid groups (broad SMARTS) is 1. The molecule has 0 aliphatic rings. The first kappa shape index (κ1) is 16.5. The summed E-state index contributed by atoms with van der Waals surface area (Å²) in [7, 11) is 1.72. The molecule has 112 valence electrons. The summed E-state index contributed by atoms with van der Waals surface area (Å²) in [5.41, 5.74) is 0.749. The fourth-order valence-corrected chi connectivity index (χ4v) is 1.95. The van der Waals surface area contributed by atoms with Gasteiger partial charge in [-0.25, -0.2) is 0 Å². The third-order valence-electron chi connectivity index (χ3n) is 3.12. The van der Waals surface area contributed by atoms with E-state index in [4.69, 9.17) is 9.84 Å².